The summed E-state index contributed by atoms with van der Waals surface area (Å²) in [6, 6.07) is 0. The van der Waals surface area contributed by atoms with Gasteiger partial charge in [0.1, 0.15) is 5.82 Å². The molecule has 2 heteroatoms. The number of nitrogens with zero attached hydrogens (tertiary/aromatic N) is 1. The van der Waals surface area contributed by atoms with E-state index in [2.05, 4.69) is 51.5 Å². The summed E-state index contributed by atoms with van der Waals surface area (Å²) in [6.45, 7) is 16.8. The third-order valence-corrected chi connectivity index (χ3v) is 2.64. The second-order valence-electron chi connectivity index (χ2n) is 6.81. The molecule has 0 amide bonds. The number of nitrogens with one attached hydrogen (secondary N) is 1. The molecule has 0 saturated carbocycles. The van der Waals surface area contributed by atoms with Gasteiger partial charge in [-0.2, -0.15) is 0 Å². The third-order valence-electron chi connectivity index (χ3n) is 2.64. The van der Waals surface area contributed by atoms with Crippen LogP contribution in [0.5, 0.6) is 0 Å². The summed E-state index contributed by atoms with van der Waals surface area (Å²) < 4.78 is 8.10. The molecule has 0 radical (unpaired) electrons. The quantitative estimate of drug-likeness (QED) is 0.763. The lowest BCUT2D eigenvalue weighted by Crippen LogP contribution is -2.21. The lowest BCUT2D eigenvalue weighted by atomic mass is 9.82. The van der Waals surface area contributed by atoms with Gasteiger partial charge in [-0.25, -0.2) is 4.98 Å². The molecule has 0 fully saturated rings. The molecular weight excluding hydrogens is 196 g/mol. The van der Waals surface area contributed by atoms with Gasteiger partial charge in [-0.05, 0) is 0 Å². The molecular formula is C14H26N2. The number of hydrogen-bond donors (Lipinski definition) is 1. The molecule has 0 saturated heterocycles. The van der Waals surface area contributed by atoms with Gasteiger partial charge in [-0.1, -0.05) is 55.4 Å². The molecule has 0 aliphatic rings. The lowest BCUT2D eigenvalue weighted by molar-refractivity contribution is 0.512. The molecule has 0 bridgehead atoms. The van der Waals surface area contributed by atoms with Gasteiger partial charge in [0.2, 0.25) is 0 Å². The van der Waals surface area contributed by atoms with E-state index in [0.717, 1.165) is 17.2 Å². The van der Waals surface area contributed by atoms with Crippen molar-refractivity contribution in [2.75, 3.05) is 0 Å². The maximum absolute atomic E-state index is 8.10. The molecule has 2 nitrogen and oxygen atoms in total. The number of imidazole rings is 1. The zero-order valence-electron chi connectivity index (χ0n) is 12.9. The van der Waals surface area contributed by atoms with Crippen LogP contribution in [-0.4, -0.2) is 9.97 Å². The van der Waals surface area contributed by atoms with Crippen LogP contribution in [0.25, 0.3) is 0 Å². The molecule has 92 valence electrons. The van der Waals surface area contributed by atoms with Gasteiger partial charge in [-0.3, -0.25) is 0 Å². The van der Waals surface area contributed by atoms with E-state index in [1.54, 1.807) is 0 Å². The molecule has 0 aliphatic carbocycles. The Labute approximate surface area is 101 Å². The first kappa shape index (κ1) is 11.7. The summed E-state index contributed by atoms with van der Waals surface area (Å²) in [7, 11) is 0. The highest BCUT2D eigenvalue weighted by atomic mass is 15.0. The van der Waals surface area contributed by atoms with E-state index in [4.69, 9.17) is 1.37 Å². The molecule has 1 aromatic heterocycles. The molecule has 0 unspecified atom stereocenters. The van der Waals surface area contributed by atoms with Gasteiger partial charge in [-0.15, -0.1) is 0 Å². The largest absolute Gasteiger partial charge is 0.345 e. The molecule has 1 N–H and O–H groups in total. The fourth-order valence-corrected chi connectivity index (χ4v) is 1.70. The van der Waals surface area contributed by atoms with Crippen LogP contribution < -0.4 is 0 Å². The molecule has 0 aliphatic heterocycles. The first-order chi connectivity index (χ1) is 7.33. The van der Waals surface area contributed by atoms with Crippen molar-refractivity contribution >= 4 is 0 Å². The molecule has 16 heavy (non-hydrogen) atoms. The van der Waals surface area contributed by atoms with Gasteiger partial charge < -0.3 is 4.98 Å². The van der Waals surface area contributed by atoms with Crippen LogP contribution in [0.2, 0.25) is 0 Å². The number of aromatic amines is 1. The number of H-pyrrole nitrogens is 1. The van der Waals surface area contributed by atoms with E-state index in [1.807, 2.05) is 13.8 Å². The minimum atomic E-state index is -0.677. The van der Waals surface area contributed by atoms with E-state index in [9.17, 15) is 0 Å². The van der Waals surface area contributed by atoms with Crippen molar-refractivity contribution in [2.45, 2.75) is 72.1 Å². The van der Waals surface area contributed by atoms with Crippen LogP contribution in [0, 0.1) is 0 Å². The molecule has 0 spiro atoms. The van der Waals surface area contributed by atoms with E-state index in [1.165, 1.54) is 0 Å². The number of aromatic nitrogens is 2. The Hall–Kier alpha value is -0.790. The number of rotatable bonds is 1. The lowest BCUT2D eigenvalue weighted by Gasteiger charge is -2.24. The van der Waals surface area contributed by atoms with E-state index >= 15 is 0 Å². The third kappa shape index (κ3) is 2.66. The molecule has 0 atom stereocenters. The minimum Gasteiger partial charge on any atom is -0.345 e. The average Bonchev–Trinajstić information content (AvgIpc) is 2.42. The Bertz CT molecular complexity index is 366. The summed E-state index contributed by atoms with van der Waals surface area (Å²) in [4.78, 5) is 8.05. The van der Waals surface area contributed by atoms with Crippen molar-refractivity contribution in [3.05, 3.63) is 17.2 Å². The van der Waals surface area contributed by atoms with Crippen LogP contribution in [0.15, 0.2) is 0 Å². The first-order valence-corrected chi connectivity index (χ1v) is 5.95. The molecule has 1 heterocycles. The normalized spacial score (nSPS) is 15.1. The predicted molar refractivity (Wildman–Crippen MR) is 70.1 cm³/mol. The zero-order valence-corrected chi connectivity index (χ0v) is 11.9. The maximum Gasteiger partial charge on any atom is 0.109 e. The monoisotopic (exact) mass is 224 g/mol. The van der Waals surface area contributed by atoms with Crippen molar-refractivity contribution in [3.63, 3.8) is 0 Å². The van der Waals surface area contributed by atoms with E-state index < -0.39 is 5.89 Å². The highest BCUT2D eigenvalue weighted by Gasteiger charge is 2.29. The van der Waals surface area contributed by atoms with Crippen LogP contribution >= 0.6 is 0 Å². The Morgan fingerprint density at radius 3 is 1.81 bits per heavy atom. The molecule has 1 aromatic rings. The van der Waals surface area contributed by atoms with Crippen LogP contribution in [0.4, 0.5) is 0 Å². The topological polar surface area (TPSA) is 28.7 Å². The van der Waals surface area contributed by atoms with Gasteiger partial charge in [0.15, 0.2) is 0 Å². The summed E-state index contributed by atoms with van der Waals surface area (Å²) in [6.07, 6.45) is 0. The smallest absolute Gasteiger partial charge is 0.109 e. The highest BCUT2D eigenvalue weighted by Crippen LogP contribution is 2.33. The SMILES string of the molecule is [3H]C(C)(C)c1nc(C(C)(C)C)c(C(C)(C)C)[nH]1. The Balaban J connectivity index is 3.44. The van der Waals surface area contributed by atoms with E-state index in [0.29, 0.717) is 0 Å². The van der Waals surface area contributed by atoms with Crippen LogP contribution in [0.3, 0.4) is 0 Å². The Morgan fingerprint density at radius 2 is 1.56 bits per heavy atom. The first-order valence-electron chi connectivity index (χ1n) is 6.45. The average molecular weight is 224 g/mol. The van der Waals surface area contributed by atoms with Crippen molar-refractivity contribution in [3.8, 4) is 0 Å². The van der Waals surface area contributed by atoms with Crippen molar-refractivity contribution in [1.82, 2.24) is 9.97 Å². The van der Waals surface area contributed by atoms with Gasteiger partial charge in [0.25, 0.3) is 0 Å². The van der Waals surface area contributed by atoms with Gasteiger partial charge in [0, 0.05) is 23.8 Å². The van der Waals surface area contributed by atoms with Crippen LogP contribution in [0.1, 0.15) is 79.9 Å². The van der Waals surface area contributed by atoms with E-state index in [-0.39, 0.29) is 10.8 Å². The second kappa shape index (κ2) is 3.90. The highest BCUT2D eigenvalue weighted by molar-refractivity contribution is 5.28. The Morgan fingerprint density at radius 1 is 1.06 bits per heavy atom. The molecule has 0 aromatic carbocycles. The summed E-state index contributed by atoms with van der Waals surface area (Å²) >= 11 is 0. The summed E-state index contributed by atoms with van der Waals surface area (Å²) in [5, 5.41) is 0. The van der Waals surface area contributed by atoms with Gasteiger partial charge >= 0.3 is 0 Å². The van der Waals surface area contributed by atoms with Crippen molar-refractivity contribution < 1.29 is 1.37 Å². The Kier molecular flexibility index (Phi) is 2.85. The number of hydrogen-bond acceptors (Lipinski definition) is 1. The predicted octanol–water partition coefficient (Wildman–Crippen LogP) is 4.13. The minimum absolute atomic E-state index is 0.00259. The standard InChI is InChI=1S/C14H26N2/c1-9(2)12-15-10(13(3,4)5)11(16-12)14(6,7)8/h9H,1-8H3,(H,15,16)/i9T. The second-order valence-corrected chi connectivity index (χ2v) is 6.81. The fourth-order valence-electron chi connectivity index (χ4n) is 1.70. The fraction of sp³-hybridized carbons (Fsp3) is 0.786. The van der Waals surface area contributed by atoms with Crippen molar-refractivity contribution in [1.29, 1.82) is 0 Å². The summed E-state index contributed by atoms with van der Waals surface area (Å²) in [5.74, 6) is 0.0797. The maximum atomic E-state index is 8.10. The molecule has 1 rings (SSSR count). The van der Waals surface area contributed by atoms with Gasteiger partial charge in [0.05, 0.1) is 5.69 Å². The van der Waals surface area contributed by atoms with Crippen molar-refractivity contribution in [2.24, 2.45) is 0 Å². The van der Waals surface area contributed by atoms with Crippen LogP contribution in [-0.2, 0) is 10.8 Å². The summed E-state index contributed by atoms with van der Waals surface area (Å²) in [5.41, 5.74) is 2.27. The zero-order chi connectivity index (χ0) is 13.6.